The molecule has 0 aliphatic rings. The second kappa shape index (κ2) is 7.97. The predicted molar refractivity (Wildman–Crippen MR) is 80.5 cm³/mol. The van der Waals surface area contributed by atoms with Gasteiger partial charge < -0.3 is 4.74 Å². The Hall–Kier alpha value is -1.32. The van der Waals surface area contributed by atoms with Gasteiger partial charge in [0, 0.05) is 5.57 Å². The fourth-order valence-corrected chi connectivity index (χ4v) is 1.97. The van der Waals surface area contributed by atoms with Crippen LogP contribution in [-0.2, 0) is 9.53 Å². The number of nitrogens with zero attached hydrogens (tertiary/aromatic N) is 1. The smallest absolute Gasteiger partial charge is 0.333 e. The minimum Gasteiger partial charge on any atom is -0.457 e. The molecule has 0 bridgehead atoms. The highest BCUT2D eigenvalue weighted by Gasteiger charge is 2.24. The van der Waals surface area contributed by atoms with Gasteiger partial charge in [0.15, 0.2) is 0 Å². The Morgan fingerprint density at radius 3 is 2.21 bits per heavy atom. The van der Waals surface area contributed by atoms with Crippen LogP contribution in [0.15, 0.2) is 42.5 Å². The van der Waals surface area contributed by atoms with Crippen LogP contribution >= 0.6 is 12.4 Å². The van der Waals surface area contributed by atoms with E-state index in [4.69, 9.17) is 4.74 Å². The Morgan fingerprint density at radius 2 is 1.79 bits per heavy atom. The molecule has 0 aromatic heterocycles. The Bertz CT molecular complexity index is 417. The summed E-state index contributed by atoms with van der Waals surface area (Å²) in [5.74, 6) is -0.342. The van der Waals surface area contributed by atoms with Crippen molar-refractivity contribution >= 4 is 18.4 Å². The van der Waals surface area contributed by atoms with E-state index in [1.54, 1.807) is 6.92 Å². The van der Waals surface area contributed by atoms with Gasteiger partial charge in [0.05, 0.1) is 6.04 Å². The minimum absolute atomic E-state index is 0. The quantitative estimate of drug-likeness (QED) is 0.614. The highest BCUT2D eigenvalue weighted by atomic mass is 35.5. The van der Waals surface area contributed by atoms with Gasteiger partial charge in [-0.25, -0.2) is 4.79 Å². The molecule has 2 atom stereocenters. The molecule has 1 aromatic carbocycles. The van der Waals surface area contributed by atoms with Crippen molar-refractivity contribution in [2.24, 2.45) is 0 Å². The fourth-order valence-electron chi connectivity index (χ4n) is 1.97. The molecular formula is C15H22ClNO2. The molecule has 0 radical (unpaired) electrons. The van der Waals surface area contributed by atoms with E-state index in [0.29, 0.717) is 5.57 Å². The summed E-state index contributed by atoms with van der Waals surface area (Å²) in [6, 6.07) is 10.1. The van der Waals surface area contributed by atoms with Crippen molar-refractivity contribution in [2.45, 2.75) is 26.0 Å². The van der Waals surface area contributed by atoms with Crippen LogP contribution < -0.4 is 0 Å². The largest absolute Gasteiger partial charge is 0.457 e. The van der Waals surface area contributed by atoms with Gasteiger partial charge in [-0.1, -0.05) is 36.9 Å². The van der Waals surface area contributed by atoms with Crippen molar-refractivity contribution < 1.29 is 9.53 Å². The lowest BCUT2D eigenvalue weighted by Gasteiger charge is -2.30. The van der Waals surface area contributed by atoms with Gasteiger partial charge in [-0.2, -0.15) is 0 Å². The van der Waals surface area contributed by atoms with E-state index in [2.05, 4.69) is 6.58 Å². The maximum absolute atomic E-state index is 11.6. The molecule has 0 amide bonds. The molecule has 1 aromatic rings. The monoisotopic (exact) mass is 283 g/mol. The zero-order valence-corrected chi connectivity index (χ0v) is 12.7. The number of esters is 1. The zero-order chi connectivity index (χ0) is 13.7. The van der Waals surface area contributed by atoms with Crippen molar-refractivity contribution in [2.75, 3.05) is 14.1 Å². The fraction of sp³-hybridized carbons (Fsp3) is 0.400. The van der Waals surface area contributed by atoms with Crippen LogP contribution in [0.4, 0.5) is 0 Å². The first-order chi connectivity index (χ1) is 8.43. The van der Waals surface area contributed by atoms with Crippen molar-refractivity contribution in [3.63, 3.8) is 0 Å². The first-order valence-corrected chi connectivity index (χ1v) is 6.01. The summed E-state index contributed by atoms with van der Waals surface area (Å²) in [5, 5.41) is 0. The maximum Gasteiger partial charge on any atom is 0.333 e. The molecule has 19 heavy (non-hydrogen) atoms. The molecule has 0 saturated heterocycles. The molecular weight excluding hydrogens is 262 g/mol. The SMILES string of the molecule is C=C(C)C(=O)OC(C)C(c1ccccc1)N(C)C.Cl. The van der Waals surface area contributed by atoms with E-state index < -0.39 is 0 Å². The van der Waals surface area contributed by atoms with Crippen LogP contribution in [0.2, 0.25) is 0 Å². The Morgan fingerprint density at radius 1 is 1.26 bits per heavy atom. The molecule has 0 fully saturated rings. The van der Waals surface area contributed by atoms with E-state index in [9.17, 15) is 4.79 Å². The number of hydrogen-bond donors (Lipinski definition) is 0. The Kier molecular flexibility index (Phi) is 7.42. The van der Waals surface area contributed by atoms with Crippen molar-refractivity contribution in [1.29, 1.82) is 0 Å². The molecule has 106 valence electrons. The number of halogens is 1. The summed E-state index contributed by atoms with van der Waals surface area (Å²) in [6.45, 7) is 7.15. The van der Waals surface area contributed by atoms with Crippen LogP contribution in [-0.4, -0.2) is 31.1 Å². The highest BCUT2D eigenvalue weighted by molar-refractivity contribution is 5.87. The van der Waals surface area contributed by atoms with Crippen LogP contribution in [0.5, 0.6) is 0 Å². The minimum atomic E-state index is -0.342. The van der Waals surface area contributed by atoms with E-state index >= 15 is 0 Å². The predicted octanol–water partition coefficient (Wildman–Crippen LogP) is 3.22. The maximum atomic E-state index is 11.6. The zero-order valence-electron chi connectivity index (χ0n) is 11.9. The number of carbonyl (C=O) groups excluding carboxylic acids is 1. The first kappa shape index (κ1) is 17.7. The average Bonchev–Trinajstić information content (AvgIpc) is 2.29. The Labute approximate surface area is 121 Å². The number of carbonyl (C=O) groups is 1. The van der Waals surface area contributed by atoms with Crippen LogP contribution in [0.3, 0.4) is 0 Å². The summed E-state index contributed by atoms with van der Waals surface area (Å²) in [7, 11) is 3.95. The van der Waals surface area contributed by atoms with Gasteiger partial charge in [0.2, 0.25) is 0 Å². The topological polar surface area (TPSA) is 29.5 Å². The molecule has 0 aliphatic carbocycles. The second-order valence-electron chi connectivity index (χ2n) is 4.71. The van der Waals surface area contributed by atoms with Crippen molar-refractivity contribution in [3.05, 3.63) is 48.0 Å². The molecule has 0 N–H and O–H groups in total. The molecule has 1 rings (SSSR count). The lowest BCUT2D eigenvalue weighted by atomic mass is 10.0. The van der Waals surface area contributed by atoms with Crippen LogP contribution in [0.1, 0.15) is 25.5 Å². The lowest BCUT2D eigenvalue weighted by Crippen LogP contribution is -2.32. The van der Waals surface area contributed by atoms with E-state index in [0.717, 1.165) is 5.56 Å². The number of rotatable bonds is 5. The molecule has 0 heterocycles. The van der Waals surface area contributed by atoms with Gasteiger partial charge in [-0.3, -0.25) is 4.90 Å². The number of benzene rings is 1. The number of ether oxygens (including phenoxy) is 1. The molecule has 0 spiro atoms. The Balaban J connectivity index is 0.00000324. The first-order valence-electron chi connectivity index (χ1n) is 6.01. The molecule has 4 heteroatoms. The normalized spacial score (nSPS) is 13.3. The third-order valence-electron chi connectivity index (χ3n) is 2.78. The van der Waals surface area contributed by atoms with Gasteiger partial charge in [0.25, 0.3) is 0 Å². The highest BCUT2D eigenvalue weighted by Crippen LogP contribution is 2.24. The summed E-state index contributed by atoms with van der Waals surface area (Å²) >= 11 is 0. The van der Waals surface area contributed by atoms with Gasteiger partial charge in [0.1, 0.15) is 6.10 Å². The van der Waals surface area contributed by atoms with E-state index in [-0.39, 0.29) is 30.5 Å². The summed E-state index contributed by atoms with van der Waals surface area (Å²) < 4.78 is 5.41. The average molecular weight is 284 g/mol. The summed E-state index contributed by atoms with van der Waals surface area (Å²) in [5.41, 5.74) is 1.55. The number of likely N-dealkylation sites (N-methyl/N-ethyl adjacent to an activating group) is 1. The molecule has 3 nitrogen and oxygen atoms in total. The van der Waals surface area contributed by atoms with Crippen molar-refractivity contribution in [3.8, 4) is 0 Å². The third kappa shape index (κ3) is 5.05. The van der Waals surface area contributed by atoms with Gasteiger partial charge in [-0.05, 0) is 33.5 Å². The summed E-state index contributed by atoms with van der Waals surface area (Å²) in [4.78, 5) is 13.6. The third-order valence-corrected chi connectivity index (χ3v) is 2.78. The van der Waals surface area contributed by atoms with Gasteiger partial charge in [-0.15, -0.1) is 12.4 Å². The van der Waals surface area contributed by atoms with Crippen molar-refractivity contribution in [1.82, 2.24) is 4.90 Å². The van der Waals surface area contributed by atoms with Crippen LogP contribution in [0, 0.1) is 0 Å². The lowest BCUT2D eigenvalue weighted by molar-refractivity contribution is -0.146. The molecule has 0 aliphatic heterocycles. The second-order valence-corrected chi connectivity index (χ2v) is 4.71. The van der Waals surface area contributed by atoms with Gasteiger partial charge >= 0.3 is 5.97 Å². The van der Waals surface area contributed by atoms with Crippen LogP contribution in [0.25, 0.3) is 0 Å². The molecule has 2 unspecified atom stereocenters. The van der Waals surface area contributed by atoms with E-state index in [1.165, 1.54) is 0 Å². The molecule has 0 saturated carbocycles. The van der Waals surface area contributed by atoms with E-state index in [1.807, 2.05) is 56.3 Å². The standard InChI is InChI=1S/C15H21NO2.ClH/c1-11(2)15(17)18-12(3)14(16(4)5)13-9-7-6-8-10-13;/h6-10,12,14H,1H2,2-5H3;1H. The number of hydrogen-bond acceptors (Lipinski definition) is 3. The summed E-state index contributed by atoms with van der Waals surface area (Å²) in [6.07, 6.45) is -0.230.